The van der Waals surface area contributed by atoms with Gasteiger partial charge in [0.1, 0.15) is 23.4 Å². The lowest BCUT2D eigenvalue weighted by Gasteiger charge is -2.33. The Morgan fingerprint density at radius 3 is 2.76 bits per heavy atom. The third kappa shape index (κ3) is 6.06. The van der Waals surface area contributed by atoms with Gasteiger partial charge in [-0.1, -0.05) is 0 Å². The van der Waals surface area contributed by atoms with Crippen LogP contribution in [-0.2, 0) is 17.8 Å². The lowest BCUT2D eigenvalue weighted by molar-refractivity contribution is -0.136. The Labute approximate surface area is 227 Å². The number of carbonyl (C=O) groups excluding carboxylic acids is 3. The number of aldehydes is 1. The number of aromatic nitrogens is 2. The molecule has 2 aliphatic rings. The number of rotatable bonds is 7. The Bertz CT molecular complexity index is 1290. The Balaban J connectivity index is 1.56. The molecule has 4 heterocycles. The largest absolute Gasteiger partial charge is 0.378 e. The fraction of sp³-hybridized carbons (Fsp3) is 0.462. The number of nitrogens with one attached hydrogen (secondary N) is 2. The van der Waals surface area contributed by atoms with Crippen LogP contribution in [0.1, 0.15) is 47.4 Å². The molecule has 0 aliphatic carbocycles. The highest BCUT2D eigenvalue weighted by Gasteiger charge is 2.28. The number of anilines is 3. The number of thiol groups is 1. The summed E-state index contributed by atoms with van der Waals surface area (Å²) in [6.45, 7) is 6.33. The summed E-state index contributed by atoms with van der Waals surface area (Å²) in [4.78, 5) is 51.7. The third-order valence-corrected chi connectivity index (χ3v) is 7.42. The summed E-state index contributed by atoms with van der Waals surface area (Å²) in [5.41, 5.74) is 2.25. The van der Waals surface area contributed by atoms with Gasteiger partial charge in [0.15, 0.2) is 6.29 Å². The number of fused-ring (bicyclic) bond motifs is 1. The van der Waals surface area contributed by atoms with Crippen molar-refractivity contribution in [2.45, 2.75) is 38.8 Å². The topological polar surface area (TPSA) is 135 Å². The number of pyridine rings is 2. The standard InChI is InChI=1S/C26H32N8O3S/c1-26(2,16-38)31-20-10-22(28-12-19(20)11-27)30-25(37)34-6-4-5-17-9-18(21(15-35)29-24(17)34)13-33-8-7-32(3)14-23(33)36/h9-10,12,15,38H,4-8,13-14,16H2,1-3H3,(H2,28,30,31,37). The predicted molar refractivity (Wildman–Crippen MR) is 148 cm³/mol. The molecule has 1 saturated heterocycles. The molecule has 2 aliphatic heterocycles. The van der Waals surface area contributed by atoms with Crippen molar-refractivity contribution in [3.63, 3.8) is 0 Å². The number of piperazine rings is 1. The highest BCUT2D eigenvalue weighted by Crippen LogP contribution is 2.29. The van der Waals surface area contributed by atoms with Gasteiger partial charge >= 0.3 is 6.03 Å². The van der Waals surface area contributed by atoms with Crippen molar-refractivity contribution in [2.24, 2.45) is 0 Å². The average molecular weight is 537 g/mol. The molecule has 0 atom stereocenters. The number of carbonyl (C=O) groups is 3. The monoisotopic (exact) mass is 536 g/mol. The molecule has 2 aromatic heterocycles. The van der Waals surface area contributed by atoms with Crippen molar-refractivity contribution < 1.29 is 14.4 Å². The number of hydrogen-bond acceptors (Lipinski definition) is 9. The van der Waals surface area contributed by atoms with Gasteiger partial charge in [0.25, 0.3) is 0 Å². The highest BCUT2D eigenvalue weighted by atomic mass is 32.1. The van der Waals surface area contributed by atoms with Crippen LogP contribution in [0.4, 0.5) is 22.1 Å². The SMILES string of the molecule is CN1CCN(Cc2cc3c(nc2C=O)N(C(=O)Nc2cc(NC(C)(C)CS)c(C#N)cn2)CCC3)C(=O)C1. The number of aryl methyl sites for hydroxylation is 1. The van der Waals surface area contributed by atoms with Crippen LogP contribution in [0.2, 0.25) is 0 Å². The number of nitrogens with zero attached hydrogens (tertiary/aromatic N) is 6. The summed E-state index contributed by atoms with van der Waals surface area (Å²) in [5, 5.41) is 15.5. The summed E-state index contributed by atoms with van der Waals surface area (Å²) in [6, 6.07) is 5.18. The van der Waals surface area contributed by atoms with Gasteiger partial charge in [-0.2, -0.15) is 17.9 Å². The van der Waals surface area contributed by atoms with E-state index in [9.17, 15) is 19.6 Å². The lowest BCUT2D eigenvalue weighted by atomic mass is 10.0. The van der Waals surface area contributed by atoms with E-state index in [4.69, 9.17) is 0 Å². The van der Waals surface area contributed by atoms with Gasteiger partial charge in [-0.3, -0.25) is 24.7 Å². The van der Waals surface area contributed by atoms with Crippen molar-refractivity contribution >= 4 is 48.2 Å². The van der Waals surface area contributed by atoms with E-state index in [2.05, 4.69) is 39.3 Å². The first-order valence-electron chi connectivity index (χ1n) is 12.5. The second-order valence-corrected chi connectivity index (χ2v) is 10.6. The number of urea groups is 1. The predicted octanol–water partition coefficient (Wildman–Crippen LogP) is 2.54. The molecule has 2 aromatic rings. The molecule has 12 heteroatoms. The van der Waals surface area contributed by atoms with Gasteiger partial charge in [0.05, 0.1) is 17.8 Å². The van der Waals surface area contributed by atoms with E-state index in [1.807, 2.05) is 31.9 Å². The van der Waals surface area contributed by atoms with E-state index < -0.39 is 6.03 Å². The second-order valence-electron chi connectivity index (χ2n) is 10.3. The van der Waals surface area contributed by atoms with E-state index in [1.165, 1.54) is 11.1 Å². The molecule has 200 valence electrons. The first-order valence-corrected chi connectivity index (χ1v) is 13.1. The number of nitriles is 1. The quantitative estimate of drug-likeness (QED) is 0.363. The maximum atomic E-state index is 13.3. The average Bonchev–Trinajstić information content (AvgIpc) is 2.89. The van der Waals surface area contributed by atoms with E-state index in [-0.39, 0.29) is 23.0 Å². The lowest BCUT2D eigenvalue weighted by Crippen LogP contribution is -2.48. The van der Waals surface area contributed by atoms with Crippen LogP contribution in [0.5, 0.6) is 0 Å². The molecule has 3 amide bonds. The number of hydrogen-bond donors (Lipinski definition) is 3. The summed E-state index contributed by atoms with van der Waals surface area (Å²) < 4.78 is 0. The van der Waals surface area contributed by atoms with Crippen LogP contribution >= 0.6 is 12.6 Å². The summed E-state index contributed by atoms with van der Waals surface area (Å²) in [7, 11) is 1.90. The molecular weight excluding hydrogens is 504 g/mol. The van der Waals surface area contributed by atoms with Gasteiger partial charge < -0.3 is 10.2 Å². The summed E-state index contributed by atoms with van der Waals surface area (Å²) >= 11 is 4.35. The summed E-state index contributed by atoms with van der Waals surface area (Å²) in [6.07, 6.45) is 3.51. The Morgan fingerprint density at radius 1 is 1.29 bits per heavy atom. The molecule has 0 saturated carbocycles. The normalized spacial score (nSPS) is 16.0. The van der Waals surface area contributed by atoms with Crippen LogP contribution < -0.4 is 15.5 Å². The molecule has 4 rings (SSSR count). The Hall–Kier alpha value is -3.69. The van der Waals surface area contributed by atoms with Gasteiger partial charge in [-0.05, 0) is 45.4 Å². The Morgan fingerprint density at radius 2 is 2.08 bits per heavy atom. The molecule has 2 N–H and O–H groups in total. The maximum absolute atomic E-state index is 13.3. The summed E-state index contributed by atoms with van der Waals surface area (Å²) in [5.74, 6) is 1.24. The van der Waals surface area contributed by atoms with Crippen molar-refractivity contribution in [2.75, 3.05) is 54.5 Å². The zero-order valence-corrected chi connectivity index (χ0v) is 22.7. The third-order valence-electron chi connectivity index (χ3n) is 6.63. The fourth-order valence-electron chi connectivity index (χ4n) is 4.48. The van der Waals surface area contributed by atoms with Crippen molar-refractivity contribution in [1.82, 2.24) is 19.8 Å². The zero-order chi connectivity index (χ0) is 27.4. The van der Waals surface area contributed by atoms with Crippen LogP contribution in [0.3, 0.4) is 0 Å². The molecule has 0 aromatic carbocycles. The molecule has 1 fully saturated rings. The first-order chi connectivity index (χ1) is 18.1. The minimum atomic E-state index is -0.436. The number of likely N-dealkylation sites (N-methyl/N-ethyl adjacent to an activating group) is 1. The van der Waals surface area contributed by atoms with E-state index in [0.717, 1.165) is 18.5 Å². The molecule has 11 nitrogen and oxygen atoms in total. The van der Waals surface area contributed by atoms with E-state index in [0.29, 0.717) is 67.3 Å². The molecule has 0 spiro atoms. The molecular formula is C26H32N8O3S. The first kappa shape index (κ1) is 27.3. The minimum Gasteiger partial charge on any atom is -0.378 e. The molecule has 0 unspecified atom stereocenters. The van der Waals surface area contributed by atoms with Crippen LogP contribution in [0.15, 0.2) is 18.3 Å². The van der Waals surface area contributed by atoms with Gasteiger partial charge in [0, 0.05) is 55.3 Å². The van der Waals surface area contributed by atoms with Crippen molar-refractivity contribution in [3.8, 4) is 6.07 Å². The van der Waals surface area contributed by atoms with Crippen molar-refractivity contribution in [1.29, 1.82) is 5.26 Å². The van der Waals surface area contributed by atoms with Crippen LogP contribution in [0, 0.1) is 11.3 Å². The second kappa shape index (κ2) is 11.4. The van der Waals surface area contributed by atoms with Gasteiger partial charge in [0.2, 0.25) is 5.91 Å². The molecule has 0 radical (unpaired) electrons. The van der Waals surface area contributed by atoms with Crippen LogP contribution in [-0.4, -0.2) is 82.5 Å². The van der Waals surface area contributed by atoms with Crippen molar-refractivity contribution in [3.05, 3.63) is 40.7 Å². The fourth-order valence-corrected chi connectivity index (χ4v) is 4.56. The van der Waals surface area contributed by atoms with Gasteiger partial charge in [-0.25, -0.2) is 14.8 Å². The number of amides is 3. The molecule has 38 heavy (non-hydrogen) atoms. The van der Waals surface area contributed by atoms with Crippen LogP contribution in [0.25, 0.3) is 0 Å². The highest BCUT2D eigenvalue weighted by molar-refractivity contribution is 7.80. The maximum Gasteiger partial charge on any atom is 0.328 e. The van der Waals surface area contributed by atoms with E-state index in [1.54, 1.807) is 11.0 Å². The minimum absolute atomic E-state index is 0.0101. The smallest absolute Gasteiger partial charge is 0.328 e. The van der Waals surface area contributed by atoms with E-state index >= 15 is 0 Å². The van der Waals surface area contributed by atoms with Gasteiger partial charge in [-0.15, -0.1) is 0 Å². The molecule has 0 bridgehead atoms. The Kier molecular flexibility index (Phi) is 8.18. The zero-order valence-electron chi connectivity index (χ0n) is 21.8.